The highest BCUT2D eigenvalue weighted by Gasteiger charge is 2.18. The molecule has 1 amide bonds. The minimum absolute atomic E-state index is 0.151. The van der Waals surface area contributed by atoms with Gasteiger partial charge in [-0.05, 0) is 19.1 Å². The standard InChI is InChI=1S/C16H20ClN3O3/c1-5-20-15(14(17)9-18-20)10-19(2)16(21)11-6-12(22-3)8-13(7-11)23-4/h6-9H,5,10H2,1-4H3. The molecule has 0 radical (unpaired) electrons. The molecule has 0 aliphatic rings. The molecular weight excluding hydrogens is 318 g/mol. The summed E-state index contributed by atoms with van der Waals surface area (Å²) in [6.07, 6.45) is 1.59. The molecule has 0 N–H and O–H groups in total. The molecule has 1 aromatic carbocycles. The molecule has 0 fully saturated rings. The first-order chi connectivity index (χ1) is 11.0. The van der Waals surface area contributed by atoms with Gasteiger partial charge in [-0.1, -0.05) is 11.6 Å². The Kier molecular flexibility index (Phi) is 5.50. The quantitative estimate of drug-likeness (QED) is 0.813. The summed E-state index contributed by atoms with van der Waals surface area (Å²) in [4.78, 5) is 14.2. The van der Waals surface area contributed by atoms with Crippen LogP contribution in [0.1, 0.15) is 23.0 Å². The lowest BCUT2D eigenvalue weighted by Crippen LogP contribution is -2.27. The first-order valence-electron chi connectivity index (χ1n) is 7.18. The molecule has 124 valence electrons. The second-order valence-electron chi connectivity index (χ2n) is 5.02. The van der Waals surface area contributed by atoms with Gasteiger partial charge in [-0.15, -0.1) is 0 Å². The predicted octanol–water partition coefficient (Wildman–Crippen LogP) is 2.85. The largest absolute Gasteiger partial charge is 0.497 e. The number of aromatic nitrogens is 2. The molecule has 0 saturated carbocycles. The van der Waals surface area contributed by atoms with Gasteiger partial charge in [0.2, 0.25) is 0 Å². The van der Waals surface area contributed by atoms with Crippen LogP contribution in [0.4, 0.5) is 0 Å². The Morgan fingerprint density at radius 2 is 1.87 bits per heavy atom. The lowest BCUT2D eigenvalue weighted by atomic mass is 10.1. The number of hydrogen-bond donors (Lipinski definition) is 0. The number of aryl methyl sites for hydroxylation is 1. The van der Waals surface area contributed by atoms with E-state index in [1.54, 1.807) is 55.2 Å². The molecule has 0 bridgehead atoms. The Labute approximate surface area is 140 Å². The lowest BCUT2D eigenvalue weighted by molar-refractivity contribution is 0.0781. The first kappa shape index (κ1) is 17.1. The fourth-order valence-corrected chi connectivity index (χ4v) is 2.47. The average Bonchev–Trinajstić information content (AvgIpc) is 2.93. The molecule has 0 atom stereocenters. The third-order valence-electron chi connectivity index (χ3n) is 3.53. The maximum absolute atomic E-state index is 12.7. The normalized spacial score (nSPS) is 10.5. The number of carbonyl (C=O) groups is 1. The van der Waals surface area contributed by atoms with Crippen LogP contribution in [0.2, 0.25) is 5.02 Å². The Hall–Kier alpha value is -2.21. The molecule has 2 aromatic rings. The summed E-state index contributed by atoms with van der Waals surface area (Å²) >= 11 is 6.15. The summed E-state index contributed by atoms with van der Waals surface area (Å²) in [5, 5.41) is 4.73. The van der Waals surface area contributed by atoms with E-state index in [9.17, 15) is 4.79 Å². The molecule has 6 nitrogen and oxygen atoms in total. The van der Waals surface area contributed by atoms with Crippen LogP contribution in [0.25, 0.3) is 0 Å². The third-order valence-corrected chi connectivity index (χ3v) is 3.85. The molecule has 23 heavy (non-hydrogen) atoms. The molecule has 0 aliphatic carbocycles. The van der Waals surface area contributed by atoms with Crippen LogP contribution in [-0.2, 0) is 13.1 Å². The van der Waals surface area contributed by atoms with Crippen molar-refractivity contribution in [3.05, 3.63) is 40.7 Å². The Morgan fingerprint density at radius 3 is 2.39 bits per heavy atom. The van der Waals surface area contributed by atoms with Gasteiger partial charge in [0.05, 0.1) is 37.7 Å². The first-order valence-corrected chi connectivity index (χ1v) is 7.56. The number of hydrogen-bond acceptors (Lipinski definition) is 4. The summed E-state index contributed by atoms with van der Waals surface area (Å²) in [7, 11) is 4.82. The van der Waals surface area contributed by atoms with Gasteiger partial charge in [0, 0.05) is 25.2 Å². The van der Waals surface area contributed by atoms with Crippen LogP contribution in [0.3, 0.4) is 0 Å². The summed E-state index contributed by atoms with van der Waals surface area (Å²) in [6, 6.07) is 5.08. The van der Waals surface area contributed by atoms with Crippen LogP contribution in [0.5, 0.6) is 11.5 Å². The molecule has 0 aliphatic heterocycles. The monoisotopic (exact) mass is 337 g/mol. The van der Waals surface area contributed by atoms with E-state index in [1.807, 2.05) is 6.92 Å². The van der Waals surface area contributed by atoms with Crippen molar-refractivity contribution in [1.29, 1.82) is 0 Å². The van der Waals surface area contributed by atoms with Crippen molar-refractivity contribution in [2.45, 2.75) is 20.0 Å². The van der Waals surface area contributed by atoms with Crippen molar-refractivity contribution in [2.24, 2.45) is 0 Å². The number of amides is 1. The van der Waals surface area contributed by atoms with Crippen molar-refractivity contribution in [1.82, 2.24) is 14.7 Å². The van der Waals surface area contributed by atoms with E-state index in [2.05, 4.69) is 5.10 Å². The van der Waals surface area contributed by atoms with Gasteiger partial charge in [0.15, 0.2) is 0 Å². The number of methoxy groups -OCH3 is 2. The maximum atomic E-state index is 12.7. The number of nitrogens with zero attached hydrogens (tertiary/aromatic N) is 3. The van der Waals surface area contributed by atoms with Gasteiger partial charge >= 0.3 is 0 Å². The van der Waals surface area contributed by atoms with Gasteiger partial charge in [-0.25, -0.2) is 0 Å². The van der Waals surface area contributed by atoms with Crippen molar-refractivity contribution in [2.75, 3.05) is 21.3 Å². The maximum Gasteiger partial charge on any atom is 0.254 e. The van der Waals surface area contributed by atoms with Crippen LogP contribution in [-0.4, -0.2) is 41.9 Å². The van der Waals surface area contributed by atoms with E-state index < -0.39 is 0 Å². The zero-order chi connectivity index (χ0) is 17.0. The number of ether oxygens (including phenoxy) is 2. The Bertz CT molecular complexity index is 678. The van der Waals surface area contributed by atoms with Gasteiger partial charge in [0.25, 0.3) is 5.91 Å². The highest BCUT2D eigenvalue weighted by Crippen LogP contribution is 2.24. The zero-order valence-electron chi connectivity index (χ0n) is 13.7. The summed E-state index contributed by atoms with van der Waals surface area (Å²) in [5.74, 6) is 0.984. The van der Waals surface area contributed by atoms with Crippen LogP contribution < -0.4 is 9.47 Å². The number of benzene rings is 1. The SMILES string of the molecule is CCn1ncc(Cl)c1CN(C)C(=O)c1cc(OC)cc(OC)c1. The molecule has 7 heteroatoms. The highest BCUT2D eigenvalue weighted by molar-refractivity contribution is 6.31. The van der Waals surface area contributed by atoms with Gasteiger partial charge in [-0.2, -0.15) is 5.10 Å². The number of halogens is 1. The van der Waals surface area contributed by atoms with Crippen molar-refractivity contribution in [3.8, 4) is 11.5 Å². The molecule has 0 saturated heterocycles. The topological polar surface area (TPSA) is 56.6 Å². The highest BCUT2D eigenvalue weighted by atomic mass is 35.5. The summed E-state index contributed by atoms with van der Waals surface area (Å²) in [6.45, 7) is 3.03. The van der Waals surface area contributed by atoms with Crippen LogP contribution >= 0.6 is 11.6 Å². The zero-order valence-corrected chi connectivity index (χ0v) is 14.4. The van der Waals surface area contributed by atoms with Crippen molar-refractivity contribution < 1.29 is 14.3 Å². The van der Waals surface area contributed by atoms with E-state index in [4.69, 9.17) is 21.1 Å². The minimum Gasteiger partial charge on any atom is -0.497 e. The fourth-order valence-electron chi connectivity index (χ4n) is 2.27. The number of carbonyl (C=O) groups excluding carboxylic acids is 1. The van der Waals surface area contributed by atoms with E-state index in [0.717, 1.165) is 5.69 Å². The molecular formula is C16H20ClN3O3. The van der Waals surface area contributed by atoms with E-state index in [0.29, 0.717) is 35.2 Å². The average molecular weight is 338 g/mol. The van der Waals surface area contributed by atoms with E-state index in [-0.39, 0.29) is 5.91 Å². The fraction of sp³-hybridized carbons (Fsp3) is 0.375. The van der Waals surface area contributed by atoms with Crippen molar-refractivity contribution in [3.63, 3.8) is 0 Å². The van der Waals surface area contributed by atoms with Crippen LogP contribution in [0.15, 0.2) is 24.4 Å². The van der Waals surface area contributed by atoms with Gasteiger partial charge < -0.3 is 14.4 Å². The van der Waals surface area contributed by atoms with Crippen molar-refractivity contribution >= 4 is 17.5 Å². The summed E-state index contributed by atoms with van der Waals surface area (Å²) < 4.78 is 12.2. The minimum atomic E-state index is -0.151. The Balaban J connectivity index is 2.24. The summed E-state index contributed by atoms with van der Waals surface area (Å²) in [5.41, 5.74) is 1.29. The van der Waals surface area contributed by atoms with E-state index >= 15 is 0 Å². The number of rotatable bonds is 6. The van der Waals surface area contributed by atoms with Crippen LogP contribution in [0, 0.1) is 0 Å². The van der Waals surface area contributed by atoms with E-state index in [1.165, 1.54) is 0 Å². The molecule has 1 aromatic heterocycles. The van der Waals surface area contributed by atoms with Gasteiger partial charge in [0.1, 0.15) is 11.5 Å². The predicted molar refractivity (Wildman–Crippen MR) is 88.3 cm³/mol. The molecule has 2 rings (SSSR count). The Morgan fingerprint density at radius 1 is 1.26 bits per heavy atom. The molecule has 0 unspecified atom stereocenters. The van der Waals surface area contributed by atoms with Gasteiger partial charge in [-0.3, -0.25) is 9.48 Å². The molecule has 1 heterocycles. The second kappa shape index (κ2) is 7.37. The third kappa shape index (κ3) is 3.76. The second-order valence-corrected chi connectivity index (χ2v) is 5.42. The lowest BCUT2D eigenvalue weighted by Gasteiger charge is -2.19. The molecule has 0 spiro atoms. The smallest absolute Gasteiger partial charge is 0.254 e.